The third kappa shape index (κ3) is 4.52. The van der Waals surface area contributed by atoms with Crippen LogP contribution in [0.5, 0.6) is 0 Å². The number of nitrogens with zero attached hydrogens (tertiary/aromatic N) is 1. The highest BCUT2D eigenvalue weighted by Gasteiger charge is 2.30. The molecule has 0 aliphatic heterocycles. The maximum absolute atomic E-state index is 12.5. The van der Waals surface area contributed by atoms with Crippen molar-refractivity contribution in [2.75, 3.05) is 5.32 Å². The quantitative estimate of drug-likeness (QED) is 0.466. The number of anilines is 1. The van der Waals surface area contributed by atoms with E-state index in [0.717, 1.165) is 24.3 Å². The number of nitriles is 1. The lowest BCUT2D eigenvalue weighted by Crippen LogP contribution is -2.15. The Morgan fingerprint density at radius 2 is 1.80 bits per heavy atom. The Balaban J connectivity index is 2.26. The van der Waals surface area contributed by atoms with Gasteiger partial charge < -0.3 is 10.4 Å². The van der Waals surface area contributed by atoms with Crippen LogP contribution in [0.1, 0.15) is 11.1 Å². The van der Waals surface area contributed by atoms with E-state index in [2.05, 4.69) is 5.32 Å². The molecular formula is C17H10ClF3N2O2. The van der Waals surface area contributed by atoms with Crippen LogP contribution >= 0.6 is 11.6 Å². The van der Waals surface area contributed by atoms with E-state index < -0.39 is 29.0 Å². The second-order valence-corrected chi connectivity index (χ2v) is 5.31. The lowest BCUT2D eigenvalue weighted by Gasteiger charge is -2.09. The van der Waals surface area contributed by atoms with Crippen LogP contribution in [-0.2, 0) is 11.0 Å². The van der Waals surface area contributed by atoms with Gasteiger partial charge in [0.15, 0.2) is 5.57 Å². The van der Waals surface area contributed by atoms with Crippen LogP contribution in [0.3, 0.4) is 0 Å². The van der Waals surface area contributed by atoms with Crippen molar-refractivity contribution in [3.63, 3.8) is 0 Å². The number of rotatable bonds is 3. The van der Waals surface area contributed by atoms with Crippen LogP contribution < -0.4 is 5.32 Å². The predicted octanol–water partition coefficient (Wildman–Crippen LogP) is 4.79. The maximum Gasteiger partial charge on any atom is 0.416 e. The number of alkyl halides is 3. The Labute approximate surface area is 145 Å². The van der Waals surface area contributed by atoms with Crippen molar-refractivity contribution in [3.05, 3.63) is 70.3 Å². The van der Waals surface area contributed by atoms with Crippen molar-refractivity contribution < 1.29 is 23.1 Å². The zero-order chi connectivity index (χ0) is 18.6. The first kappa shape index (κ1) is 18.4. The minimum atomic E-state index is -4.49. The molecule has 2 aromatic carbocycles. The summed E-state index contributed by atoms with van der Waals surface area (Å²) in [6.07, 6.45) is -4.49. The summed E-state index contributed by atoms with van der Waals surface area (Å²) >= 11 is 5.79. The SMILES string of the molecule is N#C/C(C(=O)Nc1ccc(C(F)(F)F)cc1)=C(/O)c1cccc(Cl)c1. The average molecular weight is 367 g/mol. The number of amides is 1. The molecule has 0 saturated carbocycles. The predicted molar refractivity (Wildman–Crippen MR) is 86.7 cm³/mol. The Morgan fingerprint density at radius 1 is 1.16 bits per heavy atom. The lowest BCUT2D eigenvalue weighted by atomic mass is 10.1. The highest BCUT2D eigenvalue weighted by atomic mass is 35.5. The van der Waals surface area contributed by atoms with Crippen LogP contribution in [0.15, 0.2) is 54.1 Å². The van der Waals surface area contributed by atoms with Crippen LogP contribution in [0.4, 0.5) is 18.9 Å². The van der Waals surface area contributed by atoms with E-state index in [-0.39, 0.29) is 11.3 Å². The second-order valence-electron chi connectivity index (χ2n) is 4.87. The standard InChI is InChI=1S/C17H10ClF3N2O2/c18-12-3-1-2-10(8-12)15(24)14(9-22)16(25)23-13-6-4-11(5-7-13)17(19,20)21/h1-8,24H,(H,23,25)/b15-14-. The van der Waals surface area contributed by atoms with Gasteiger partial charge in [0, 0.05) is 16.3 Å². The van der Waals surface area contributed by atoms with Gasteiger partial charge in [-0.3, -0.25) is 4.79 Å². The van der Waals surface area contributed by atoms with Gasteiger partial charge in [0.2, 0.25) is 0 Å². The number of benzene rings is 2. The van der Waals surface area contributed by atoms with Gasteiger partial charge in [-0.1, -0.05) is 23.7 Å². The van der Waals surface area contributed by atoms with Crippen molar-refractivity contribution in [3.8, 4) is 6.07 Å². The van der Waals surface area contributed by atoms with Crippen LogP contribution in [-0.4, -0.2) is 11.0 Å². The lowest BCUT2D eigenvalue weighted by molar-refractivity contribution is -0.137. The van der Waals surface area contributed by atoms with Crippen LogP contribution in [0.2, 0.25) is 5.02 Å². The molecule has 2 aromatic rings. The molecule has 128 valence electrons. The molecule has 0 fully saturated rings. The van der Waals surface area contributed by atoms with Gasteiger partial charge >= 0.3 is 6.18 Å². The Bertz CT molecular complexity index is 869. The summed E-state index contributed by atoms with van der Waals surface area (Å²) < 4.78 is 37.5. The van der Waals surface area contributed by atoms with Crippen molar-refractivity contribution in [1.29, 1.82) is 5.26 Å². The molecule has 0 aliphatic rings. The number of halogens is 4. The summed E-state index contributed by atoms with van der Waals surface area (Å²) in [5.41, 5.74) is -1.26. The highest BCUT2D eigenvalue weighted by molar-refractivity contribution is 6.30. The third-order valence-electron chi connectivity index (χ3n) is 3.14. The third-order valence-corrected chi connectivity index (χ3v) is 3.38. The molecule has 0 radical (unpaired) electrons. The zero-order valence-corrected chi connectivity index (χ0v) is 13.2. The number of carbonyl (C=O) groups is 1. The summed E-state index contributed by atoms with van der Waals surface area (Å²) in [7, 11) is 0. The van der Waals surface area contributed by atoms with Crippen molar-refractivity contribution in [1.82, 2.24) is 0 Å². The van der Waals surface area contributed by atoms with Crippen LogP contribution in [0, 0.1) is 11.3 Å². The smallest absolute Gasteiger partial charge is 0.416 e. The summed E-state index contributed by atoms with van der Waals surface area (Å²) in [5.74, 6) is -1.55. The fourth-order valence-electron chi connectivity index (χ4n) is 1.93. The Kier molecular flexibility index (Phi) is 5.35. The molecule has 1 amide bonds. The van der Waals surface area contributed by atoms with Crippen LogP contribution in [0.25, 0.3) is 5.76 Å². The topological polar surface area (TPSA) is 73.1 Å². The van der Waals surface area contributed by atoms with Gasteiger partial charge in [0.25, 0.3) is 5.91 Å². The van der Waals surface area contributed by atoms with E-state index in [0.29, 0.717) is 5.02 Å². The van der Waals surface area contributed by atoms with Gasteiger partial charge in [-0.25, -0.2) is 0 Å². The fraction of sp³-hybridized carbons (Fsp3) is 0.0588. The fourth-order valence-corrected chi connectivity index (χ4v) is 2.12. The van der Waals surface area contributed by atoms with E-state index in [1.165, 1.54) is 18.2 Å². The normalized spacial score (nSPS) is 12.1. The van der Waals surface area contributed by atoms with Crippen molar-refractivity contribution >= 4 is 29.0 Å². The molecule has 0 aromatic heterocycles. The van der Waals surface area contributed by atoms with E-state index >= 15 is 0 Å². The summed E-state index contributed by atoms with van der Waals surface area (Å²) in [5, 5.41) is 21.8. The number of aliphatic hydroxyl groups is 1. The summed E-state index contributed by atoms with van der Waals surface area (Å²) in [6.45, 7) is 0. The number of carbonyl (C=O) groups excluding carboxylic acids is 1. The molecule has 0 atom stereocenters. The molecule has 0 heterocycles. The molecule has 0 aliphatic carbocycles. The molecule has 0 spiro atoms. The van der Waals surface area contributed by atoms with Gasteiger partial charge in [-0.2, -0.15) is 18.4 Å². The van der Waals surface area contributed by atoms with Gasteiger partial charge in [-0.05, 0) is 36.4 Å². The molecule has 0 bridgehead atoms. The number of aliphatic hydroxyl groups excluding tert-OH is 1. The Hall–Kier alpha value is -2.98. The second kappa shape index (κ2) is 7.28. The number of hydrogen-bond acceptors (Lipinski definition) is 3. The first-order valence-corrected chi connectivity index (χ1v) is 7.18. The largest absolute Gasteiger partial charge is 0.506 e. The molecule has 8 heteroatoms. The Morgan fingerprint density at radius 3 is 2.32 bits per heavy atom. The highest BCUT2D eigenvalue weighted by Crippen LogP contribution is 2.30. The molecule has 0 saturated heterocycles. The summed E-state index contributed by atoms with van der Waals surface area (Å²) in [6, 6.07) is 11.1. The molecular weight excluding hydrogens is 357 g/mol. The van der Waals surface area contributed by atoms with E-state index in [4.69, 9.17) is 16.9 Å². The number of hydrogen-bond donors (Lipinski definition) is 2. The van der Waals surface area contributed by atoms with Gasteiger partial charge in [0.05, 0.1) is 5.56 Å². The minimum absolute atomic E-state index is 0.0460. The first-order valence-electron chi connectivity index (χ1n) is 6.80. The van der Waals surface area contributed by atoms with E-state index in [1.54, 1.807) is 12.1 Å². The first-order chi connectivity index (χ1) is 11.7. The minimum Gasteiger partial charge on any atom is -0.506 e. The molecule has 4 nitrogen and oxygen atoms in total. The molecule has 2 N–H and O–H groups in total. The molecule has 25 heavy (non-hydrogen) atoms. The van der Waals surface area contributed by atoms with Crippen molar-refractivity contribution in [2.45, 2.75) is 6.18 Å². The zero-order valence-electron chi connectivity index (χ0n) is 12.4. The number of nitrogens with one attached hydrogen (secondary N) is 1. The van der Waals surface area contributed by atoms with Gasteiger partial charge in [0.1, 0.15) is 11.8 Å². The van der Waals surface area contributed by atoms with Gasteiger partial charge in [-0.15, -0.1) is 0 Å². The molecule has 2 rings (SSSR count). The van der Waals surface area contributed by atoms with E-state index in [1.807, 2.05) is 0 Å². The molecule has 0 unspecified atom stereocenters. The van der Waals surface area contributed by atoms with Crippen molar-refractivity contribution in [2.24, 2.45) is 0 Å². The summed E-state index contributed by atoms with van der Waals surface area (Å²) in [4.78, 5) is 12.1. The monoisotopic (exact) mass is 366 g/mol. The average Bonchev–Trinajstić information content (AvgIpc) is 2.55. The van der Waals surface area contributed by atoms with E-state index in [9.17, 15) is 23.1 Å². The maximum atomic E-state index is 12.5.